The minimum Gasteiger partial charge on any atom is -0.396 e. The van der Waals surface area contributed by atoms with Gasteiger partial charge in [0.05, 0.1) is 18.8 Å². The molecule has 0 spiro atoms. The lowest BCUT2D eigenvalue weighted by Crippen LogP contribution is -2.67. The quantitative estimate of drug-likeness (QED) is 0.415. The van der Waals surface area contributed by atoms with Crippen molar-refractivity contribution in [3.05, 3.63) is 11.6 Å². The molecule has 0 unspecified atom stereocenters. The summed E-state index contributed by atoms with van der Waals surface area (Å²) in [6.45, 7) is 17.0. The average molecular weight is 459 g/mol. The van der Waals surface area contributed by atoms with Crippen molar-refractivity contribution in [2.24, 2.45) is 50.2 Å². The predicted octanol–water partition coefficient (Wildman–Crippen LogP) is 6.11. The molecule has 5 aliphatic carbocycles. The van der Waals surface area contributed by atoms with Crippen molar-refractivity contribution in [2.75, 3.05) is 6.61 Å². The highest BCUT2D eigenvalue weighted by molar-refractivity contribution is 5.35. The maximum absolute atomic E-state index is 11.7. The molecule has 0 aromatic rings. The first kappa shape index (κ1) is 24.3. The van der Waals surface area contributed by atoms with E-state index >= 15 is 0 Å². The van der Waals surface area contributed by atoms with Crippen LogP contribution in [0, 0.1) is 50.2 Å². The zero-order valence-corrected chi connectivity index (χ0v) is 22.4. The van der Waals surface area contributed by atoms with Crippen molar-refractivity contribution in [2.45, 2.75) is 118 Å². The van der Waals surface area contributed by atoms with Gasteiger partial charge in [-0.1, -0.05) is 60.1 Å². The molecule has 3 N–H and O–H groups in total. The minimum atomic E-state index is -0.434. The Kier molecular flexibility index (Phi) is 5.23. The third kappa shape index (κ3) is 2.91. The summed E-state index contributed by atoms with van der Waals surface area (Å²) in [6.07, 6.45) is 11.3. The summed E-state index contributed by atoms with van der Waals surface area (Å²) in [5.74, 6) is 1.41. The molecule has 0 radical (unpaired) electrons. The highest BCUT2D eigenvalue weighted by atomic mass is 16.3. The van der Waals surface area contributed by atoms with E-state index in [0.29, 0.717) is 11.8 Å². The molecule has 5 aliphatic rings. The van der Waals surface area contributed by atoms with Gasteiger partial charge in [-0.05, 0) is 103 Å². The molecule has 3 nitrogen and oxygen atoms in total. The Bertz CT molecular complexity index is 843. The lowest BCUT2D eigenvalue weighted by molar-refractivity contribution is -0.218. The van der Waals surface area contributed by atoms with Gasteiger partial charge < -0.3 is 15.3 Å². The van der Waals surface area contributed by atoms with Crippen LogP contribution >= 0.6 is 0 Å². The van der Waals surface area contributed by atoms with E-state index in [1.807, 2.05) is 0 Å². The second-order valence-electron chi connectivity index (χ2n) is 15.2. The molecule has 0 saturated heterocycles. The molecule has 0 heterocycles. The Morgan fingerprint density at radius 2 is 1.52 bits per heavy atom. The van der Waals surface area contributed by atoms with E-state index in [2.05, 4.69) is 54.5 Å². The Balaban J connectivity index is 1.61. The maximum Gasteiger partial charge on any atom is 0.0632 e. The SMILES string of the molecule is CC1(C)CC[C@]2(CO)[C@H](O)C[C@]3(C)C(=CC[C@H]4[C@@]5(C)CC[C@H](O)C(C)(C)[C@H]5CC[C@]43C)[C@@H]2C1. The molecule has 9 atom stereocenters. The molecule has 5 rings (SSSR count). The fourth-order valence-electron chi connectivity index (χ4n) is 10.7. The van der Waals surface area contributed by atoms with Gasteiger partial charge in [0.1, 0.15) is 0 Å². The van der Waals surface area contributed by atoms with Gasteiger partial charge >= 0.3 is 0 Å². The van der Waals surface area contributed by atoms with Crippen LogP contribution in [0.3, 0.4) is 0 Å². The first-order valence-corrected chi connectivity index (χ1v) is 13.9. The Labute approximate surface area is 202 Å². The second kappa shape index (κ2) is 7.10. The second-order valence-corrected chi connectivity index (χ2v) is 15.2. The van der Waals surface area contributed by atoms with Gasteiger partial charge in [0.15, 0.2) is 0 Å². The number of hydrogen-bond donors (Lipinski definition) is 3. The molecule has 33 heavy (non-hydrogen) atoms. The van der Waals surface area contributed by atoms with E-state index in [0.717, 1.165) is 44.9 Å². The van der Waals surface area contributed by atoms with Crippen molar-refractivity contribution in [3.8, 4) is 0 Å². The van der Waals surface area contributed by atoms with Crippen molar-refractivity contribution >= 4 is 0 Å². The summed E-state index contributed by atoms with van der Waals surface area (Å²) in [6, 6.07) is 0. The van der Waals surface area contributed by atoms with E-state index in [4.69, 9.17) is 0 Å². The lowest BCUT2D eigenvalue weighted by Gasteiger charge is -2.72. The summed E-state index contributed by atoms with van der Waals surface area (Å²) in [7, 11) is 0. The fraction of sp³-hybridized carbons (Fsp3) is 0.933. The van der Waals surface area contributed by atoms with Crippen molar-refractivity contribution in [3.63, 3.8) is 0 Å². The number of fused-ring (bicyclic) bond motifs is 7. The highest BCUT2D eigenvalue weighted by Gasteiger charge is 2.69. The monoisotopic (exact) mass is 458 g/mol. The van der Waals surface area contributed by atoms with Crippen molar-refractivity contribution < 1.29 is 15.3 Å². The average Bonchev–Trinajstić information content (AvgIpc) is 2.71. The van der Waals surface area contributed by atoms with Crippen LogP contribution in [0.2, 0.25) is 0 Å². The zero-order valence-electron chi connectivity index (χ0n) is 22.4. The lowest BCUT2D eigenvalue weighted by atomic mass is 9.33. The summed E-state index contributed by atoms with van der Waals surface area (Å²) in [5, 5.41) is 33.3. The Morgan fingerprint density at radius 3 is 2.18 bits per heavy atom. The van der Waals surface area contributed by atoms with Crippen molar-refractivity contribution in [1.29, 1.82) is 0 Å². The van der Waals surface area contributed by atoms with Crippen molar-refractivity contribution in [1.82, 2.24) is 0 Å². The first-order chi connectivity index (χ1) is 15.2. The van der Waals surface area contributed by atoms with Crippen LogP contribution < -0.4 is 0 Å². The topological polar surface area (TPSA) is 60.7 Å². The van der Waals surface area contributed by atoms with Gasteiger partial charge in [-0.3, -0.25) is 0 Å². The molecule has 4 fully saturated rings. The van der Waals surface area contributed by atoms with E-state index in [9.17, 15) is 15.3 Å². The van der Waals surface area contributed by atoms with Gasteiger partial charge in [0.25, 0.3) is 0 Å². The highest BCUT2D eigenvalue weighted by Crippen LogP contribution is 2.75. The van der Waals surface area contributed by atoms with E-state index in [1.54, 1.807) is 5.57 Å². The third-order valence-electron chi connectivity index (χ3n) is 13.2. The number of hydrogen-bond acceptors (Lipinski definition) is 3. The maximum atomic E-state index is 11.7. The molecular formula is C30H50O3. The van der Waals surface area contributed by atoms with Gasteiger partial charge in [0, 0.05) is 5.41 Å². The number of allylic oxidation sites excluding steroid dienone is 2. The molecule has 188 valence electrons. The van der Waals surface area contributed by atoms with E-state index in [1.165, 1.54) is 12.8 Å². The first-order valence-electron chi connectivity index (χ1n) is 13.9. The smallest absolute Gasteiger partial charge is 0.0632 e. The predicted molar refractivity (Wildman–Crippen MR) is 134 cm³/mol. The Hall–Kier alpha value is -0.380. The van der Waals surface area contributed by atoms with Gasteiger partial charge in [-0.25, -0.2) is 0 Å². The molecule has 4 saturated carbocycles. The summed E-state index contributed by atoms with van der Waals surface area (Å²) in [4.78, 5) is 0. The van der Waals surface area contributed by atoms with Crippen LogP contribution in [0.5, 0.6) is 0 Å². The van der Waals surface area contributed by atoms with Crippen LogP contribution in [-0.2, 0) is 0 Å². The van der Waals surface area contributed by atoms with Crippen LogP contribution in [-0.4, -0.2) is 34.1 Å². The Morgan fingerprint density at radius 1 is 0.818 bits per heavy atom. The molecule has 0 aromatic carbocycles. The number of rotatable bonds is 1. The summed E-state index contributed by atoms with van der Waals surface area (Å²) in [5.41, 5.74) is 1.78. The van der Waals surface area contributed by atoms with Crippen LogP contribution in [0.15, 0.2) is 11.6 Å². The summed E-state index contributed by atoms with van der Waals surface area (Å²) < 4.78 is 0. The molecule has 0 aliphatic heterocycles. The summed E-state index contributed by atoms with van der Waals surface area (Å²) >= 11 is 0. The molecule has 3 heteroatoms. The van der Waals surface area contributed by atoms with Crippen LogP contribution in [0.1, 0.15) is 106 Å². The third-order valence-corrected chi connectivity index (χ3v) is 13.2. The van der Waals surface area contributed by atoms with Gasteiger partial charge in [-0.2, -0.15) is 0 Å². The molecular weight excluding hydrogens is 408 g/mol. The van der Waals surface area contributed by atoms with Gasteiger partial charge in [0.2, 0.25) is 0 Å². The zero-order chi connectivity index (χ0) is 24.2. The van der Waals surface area contributed by atoms with Crippen LogP contribution in [0.25, 0.3) is 0 Å². The number of aliphatic hydroxyl groups is 3. The number of aliphatic hydroxyl groups excluding tert-OH is 3. The van der Waals surface area contributed by atoms with E-state index < -0.39 is 6.10 Å². The standard InChI is InChI=1S/C30H50O3/c1-25(2)14-15-30(18-31)20(16-25)19-8-9-22-27(5)12-11-23(32)26(3,4)21(27)10-13-28(22,6)29(19,7)17-24(30)33/h8,20-24,31-33H,9-18H2,1-7H3/t20-,21+,22-,23-,24+,27-,28+,29+,30+/m0/s1. The molecule has 0 bridgehead atoms. The largest absolute Gasteiger partial charge is 0.396 e. The minimum absolute atomic E-state index is 0.0275. The van der Waals surface area contributed by atoms with E-state index in [-0.39, 0.29) is 51.1 Å². The fourth-order valence-corrected chi connectivity index (χ4v) is 10.7. The molecule has 0 amide bonds. The van der Waals surface area contributed by atoms with Gasteiger partial charge in [-0.15, -0.1) is 0 Å². The van der Waals surface area contributed by atoms with Crippen LogP contribution in [0.4, 0.5) is 0 Å². The molecule has 0 aromatic heterocycles. The normalized spacial score (nSPS) is 54.8.